The van der Waals surface area contributed by atoms with Gasteiger partial charge in [0, 0.05) is 17.6 Å². The maximum absolute atomic E-state index is 13.7. The van der Waals surface area contributed by atoms with Crippen molar-refractivity contribution in [2.24, 2.45) is 0 Å². The molecule has 0 heterocycles. The molecule has 0 radical (unpaired) electrons. The number of amides is 2. The zero-order valence-corrected chi connectivity index (χ0v) is 23.0. The number of hydrogen-bond donors (Lipinski definition) is 1. The maximum Gasteiger partial charge on any atom is 0.244 e. The van der Waals surface area contributed by atoms with Crippen molar-refractivity contribution in [1.29, 1.82) is 0 Å². The van der Waals surface area contributed by atoms with E-state index >= 15 is 0 Å². The number of nitrogens with one attached hydrogen (secondary N) is 1. The zero-order chi connectivity index (χ0) is 26.3. The summed E-state index contributed by atoms with van der Waals surface area (Å²) in [5.74, 6) is -0.800. The largest absolute Gasteiger partial charge is 0.352 e. The van der Waals surface area contributed by atoms with E-state index in [1.165, 1.54) is 23.1 Å². The fourth-order valence-electron chi connectivity index (χ4n) is 3.53. The summed E-state index contributed by atoms with van der Waals surface area (Å²) in [6.45, 7) is 7.27. The molecule has 7 nitrogen and oxygen atoms in total. The molecule has 10 heteroatoms. The summed E-state index contributed by atoms with van der Waals surface area (Å²) in [6, 6.07) is 11.2. The highest BCUT2D eigenvalue weighted by atomic mass is 35.5. The summed E-state index contributed by atoms with van der Waals surface area (Å²) in [4.78, 5) is 28.2. The van der Waals surface area contributed by atoms with E-state index in [1.54, 1.807) is 0 Å². The van der Waals surface area contributed by atoms with Crippen molar-refractivity contribution >= 4 is 50.7 Å². The number of carbonyl (C=O) groups excluding carboxylic acids is 2. The summed E-state index contributed by atoms with van der Waals surface area (Å²) in [6.07, 6.45) is 2.11. The van der Waals surface area contributed by atoms with Crippen molar-refractivity contribution in [3.63, 3.8) is 0 Å². The summed E-state index contributed by atoms with van der Waals surface area (Å²) >= 11 is 12.2. The third kappa shape index (κ3) is 8.12. The zero-order valence-electron chi connectivity index (χ0n) is 20.7. The normalized spacial score (nSPS) is 13.1. The van der Waals surface area contributed by atoms with Gasteiger partial charge >= 0.3 is 0 Å². The minimum Gasteiger partial charge on any atom is -0.352 e. The van der Waals surface area contributed by atoms with Gasteiger partial charge in [-0.25, -0.2) is 8.42 Å². The second-order valence-corrected chi connectivity index (χ2v) is 11.4. The highest BCUT2D eigenvalue weighted by molar-refractivity contribution is 7.92. The van der Waals surface area contributed by atoms with Crippen molar-refractivity contribution < 1.29 is 18.0 Å². The van der Waals surface area contributed by atoms with E-state index in [2.05, 4.69) is 5.32 Å². The molecule has 0 aliphatic carbocycles. The first-order valence-electron chi connectivity index (χ1n) is 11.5. The number of hydrogen-bond acceptors (Lipinski definition) is 4. The number of aryl methyl sites for hydroxylation is 1. The van der Waals surface area contributed by atoms with Crippen LogP contribution in [0.15, 0.2) is 42.5 Å². The standard InChI is InChI=1S/C25H33Cl2N3O4S/c1-6-18(4)28-25(32)22(7-2)29(15-19-10-8-17(3)9-11-19)24(31)16-30(35(5,33)34)23-13-12-20(26)14-21(23)27/h8-14,18,22H,6-7,15-16H2,1-5H3,(H,28,32)/t18-,22+/m1/s1. The van der Waals surface area contributed by atoms with E-state index in [9.17, 15) is 18.0 Å². The minimum atomic E-state index is -3.88. The predicted molar refractivity (Wildman–Crippen MR) is 142 cm³/mol. The highest BCUT2D eigenvalue weighted by Crippen LogP contribution is 2.30. The van der Waals surface area contributed by atoms with Gasteiger partial charge in [-0.1, -0.05) is 66.9 Å². The Kier molecular flexibility index (Phi) is 10.4. The lowest BCUT2D eigenvalue weighted by atomic mass is 10.1. The predicted octanol–water partition coefficient (Wildman–Crippen LogP) is 4.79. The van der Waals surface area contributed by atoms with Gasteiger partial charge in [0.05, 0.1) is 17.0 Å². The van der Waals surface area contributed by atoms with Crippen LogP contribution in [0.2, 0.25) is 10.0 Å². The van der Waals surface area contributed by atoms with Crippen molar-refractivity contribution in [2.45, 2.75) is 59.2 Å². The third-order valence-corrected chi connectivity index (χ3v) is 7.38. The van der Waals surface area contributed by atoms with Crippen LogP contribution in [-0.4, -0.2) is 50.0 Å². The Balaban J connectivity index is 2.46. The lowest BCUT2D eigenvalue weighted by Gasteiger charge is -2.33. The second kappa shape index (κ2) is 12.6. The van der Waals surface area contributed by atoms with Crippen LogP contribution in [0.1, 0.15) is 44.7 Å². The Morgan fingerprint density at radius 1 is 1.03 bits per heavy atom. The van der Waals surface area contributed by atoms with E-state index in [-0.39, 0.29) is 29.2 Å². The molecule has 0 fully saturated rings. The maximum atomic E-state index is 13.7. The van der Waals surface area contributed by atoms with Crippen molar-refractivity contribution in [3.05, 3.63) is 63.6 Å². The molecule has 192 valence electrons. The first kappa shape index (κ1) is 28.9. The van der Waals surface area contributed by atoms with Gasteiger partial charge in [-0.2, -0.15) is 0 Å². The average molecular weight is 543 g/mol. The first-order valence-corrected chi connectivity index (χ1v) is 14.1. The number of carbonyl (C=O) groups is 2. The fourth-order valence-corrected chi connectivity index (χ4v) is 4.95. The van der Waals surface area contributed by atoms with Gasteiger partial charge in [0.25, 0.3) is 0 Å². The van der Waals surface area contributed by atoms with Crippen LogP contribution in [0.3, 0.4) is 0 Å². The molecule has 2 aromatic carbocycles. The molecule has 2 aromatic rings. The van der Waals surface area contributed by atoms with Crippen LogP contribution in [0, 0.1) is 6.92 Å². The van der Waals surface area contributed by atoms with Crippen LogP contribution in [-0.2, 0) is 26.2 Å². The van der Waals surface area contributed by atoms with Gasteiger partial charge in [0.2, 0.25) is 21.8 Å². The number of halogens is 2. The van der Waals surface area contributed by atoms with Crippen molar-refractivity contribution in [1.82, 2.24) is 10.2 Å². The molecule has 0 bridgehead atoms. The molecule has 0 aromatic heterocycles. The Hall–Kier alpha value is -2.29. The van der Waals surface area contributed by atoms with Gasteiger partial charge in [-0.05, 0) is 50.5 Å². The lowest BCUT2D eigenvalue weighted by molar-refractivity contribution is -0.140. The van der Waals surface area contributed by atoms with Crippen LogP contribution < -0.4 is 9.62 Å². The van der Waals surface area contributed by atoms with Crippen LogP contribution in [0.25, 0.3) is 0 Å². The molecular weight excluding hydrogens is 509 g/mol. The van der Waals surface area contributed by atoms with E-state index in [0.29, 0.717) is 11.4 Å². The lowest BCUT2D eigenvalue weighted by Crippen LogP contribution is -2.53. The Bertz CT molecular complexity index is 1140. The Labute approximate surface area is 218 Å². The number of sulfonamides is 1. The van der Waals surface area contributed by atoms with Crippen LogP contribution >= 0.6 is 23.2 Å². The summed E-state index contributed by atoms with van der Waals surface area (Å²) in [5.41, 5.74) is 2.03. The Morgan fingerprint density at radius 3 is 2.17 bits per heavy atom. The molecule has 0 saturated carbocycles. The number of rotatable bonds is 11. The molecule has 1 N–H and O–H groups in total. The third-order valence-electron chi connectivity index (χ3n) is 5.72. The van der Waals surface area contributed by atoms with Crippen LogP contribution in [0.5, 0.6) is 0 Å². The molecule has 35 heavy (non-hydrogen) atoms. The second-order valence-electron chi connectivity index (χ2n) is 8.61. The summed E-state index contributed by atoms with van der Waals surface area (Å²) < 4.78 is 26.3. The molecule has 2 amide bonds. The minimum absolute atomic E-state index is 0.0618. The monoisotopic (exact) mass is 541 g/mol. The van der Waals surface area contributed by atoms with E-state index in [1.807, 2.05) is 52.0 Å². The molecule has 0 aliphatic heterocycles. The summed E-state index contributed by atoms with van der Waals surface area (Å²) in [7, 11) is -3.88. The molecule has 0 spiro atoms. The topological polar surface area (TPSA) is 86.8 Å². The van der Waals surface area contributed by atoms with Gasteiger partial charge in [0.1, 0.15) is 12.6 Å². The number of nitrogens with zero attached hydrogens (tertiary/aromatic N) is 2. The number of benzene rings is 2. The van der Waals surface area contributed by atoms with E-state index in [0.717, 1.165) is 28.1 Å². The first-order chi connectivity index (χ1) is 16.4. The number of anilines is 1. The van der Waals surface area contributed by atoms with Gasteiger partial charge in [0.15, 0.2) is 0 Å². The van der Waals surface area contributed by atoms with Gasteiger partial charge in [-0.3, -0.25) is 13.9 Å². The van der Waals surface area contributed by atoms with Crippen LogP contribution in [0.4, 0.5) is 5.69 Å². The molecule has 0 unspecified atom stereocenters. The fraction of sp³-hybridized carbons (Fsp3) is 0.440. The Morgan fingerprint density at radius 2 is 1.66 bits per heavy atom. The highest BCUT2D eigenvalue weighted by Gasteiger charge is 2.32. The molecule has 2 rings (SSSR count). The summed E-state index contributed by atoms with van der Waals surface area (Å²) in [5, 5.41) is 3.38. The van der Waals surface area contributed by atoms with Crippen molar-refractivity contribution in [3.8, 4) is 0 Å². The molecule has 2 atom stereocenters. The van der Waals surface area contributed by atoms with Crippen molar-refractivity contribution in [2.75, 3.05) is 17.1 Å². The smallest absolute Gasteiger partial charge is 0.244 e. The molecule has 0 saturated heterocycles. The SMILES string of the molecule is CC[C@@H](C)NC(=O)[C@H](CC)N(Cc1ccc(C)cc1)C(=O)CN(c1ccc(Cl)cc1Cl)S(C)(=O)=O. The van der Waals surface area contributed by atoms with E-state index < -0.39 is 28.5 Å². The van der Waals surface area contributed by atoms with Gasteiger partial charge in [-0.15, -0.1) is 0 Å². The molecular formula is C25H33Cl2N3O4S. The van der Waals surface area contributed by atoms with Gasteiger partial charge < -0.3 is 10.2 Å². The average Bonchev–Trinajstić information content (AvgIpc) is 2.78. The van der Waals surface area contributed by atoms with E-state index in [4.69, 9.17) is 23.2 Å². The molecule has 0 aliphatic rings. The quantitative estimate of drug-likeness (QED) is 0.443.